The molecule has 0 aromatic rings. The molecule has 0 aromatic heterocycles. The summed E-state index contributed by atoms with van der Waals surface area (Å²) < 4.78 is 68.5. The van der Waals surface area contributed by atoms with Gasteiger partial charge in [-0.05, 0) is 6.42 Å². The van der Waals surface area contributed by atoms with E-state index in [1.807, 2.05) is 0 Å². The Morgan fingerprint density at radius 2 is 1.58 bits per heavy atom. The van der Waals surface area contributed by atoms with Crippen molar-refractivity contribution in [3.05, 3.63) is 0 Å². The molecule has 0 amide bonds. The topological polar surface area (TPSA) is 43.4 Å². The van der Waals surface area contributed by atoms with E-state index in [0.717, 1.165) is 0 Å². The van der Waals surface area contributed by atoms with Crippen LogP contribution < -0.4 is 0 Å². The van der Waals surface area contributed by atoms with Gasteiger partial charge in [0.15, 0.2) is 0 Å². The largest absolute Gasteiger partial charge is 0.437 e. The van der Waals surface area contributed by atoms with Gasteiger partial charge in [0.2, 0.25) is 11.2 Å². The Hall–Kier alpha value is -0.0200. The fraction of sp³-hybridized carbons (Fsp3) is 1.00. The maximum atomic E-state index is 11.5. The second-order valence-electron chi connectivity index (χ2n) is 1.78. The summed E-state index contributed by atoms with van der Waals surface area (Å²) in [5.41, 5.74) is 0. The lowest BCUT2D eigenvalue weighted by molar-refractivity contribution is 0.293. The van der Waals surface area contributed by atoms with Crippen molar-refractivity contribution in [3.8, 4) is 0 Å². The molecule has 0 heterocycles. The summed E-state index contributed by atoms with van der Waals surface area (Å²) in [6.45, 7) is -0.772. The van der Waals surface area contributed by atoms with E-state index in [-0.39, 0.29) is 0 Å². The summed E-state index contributed by atoms with van der Waals surface area (Å²) in [6.07, 6.45) is -0.540. The first kappa shape index (κ1) is 12.0. The first-order valence-electron chi connectivity index (χ1n) is 2.69. The lowest BCUT2D eigenvalue weighted by atomic mass is 10.5. The Kier molecular flexibility index (Phi) is 4.28. The number of hydrogen-bond acceptors (Lipinski definition) is 3. The SMILES string of the molecule is O=S(=O)(F)OCCCS(F)(F)F. The van der Waals surface area contributed by atoms with Crippen LogP contribution in [0.4, 0.5) is 15.5 Å². The summed E-state index contributed by atoms with van der Waals surface area (Å²) in [4.78, 5) is 0. The second-order valence-corrected chi connectivity index (χ2v) is 4.21. The highest BCUT2D eigenvalue weighted by Crippen LogP contribution is 2.53. The smallest absolute Gasteiger partial charge is 0.245 e. The third-order valence-electron chi connectivity index (χ3n) is 0.744. The molecule has 0 unspecified atom stereocenters. The van der Waals surface area contributed by atoms with Crippen molar-refractivity contribution in [2.75, 3.05) is 12.4 Å². The lowest BCUT2D eigenvalue weighted by Gasteiger charge is -2.07. The summed E-state index contributed by atoms with van der Waals surface area (Å²) in [5.74, 6) is -1.11. The quantitative estimate of drug-likeness (QED) is 0.412. The van der Waals surface area contributed by atoms with Crippen molar-refractivity contribution in [2.45, 2.75) is 6.42 Å². The lowest BCUT2D eigenvalue weighted by Crippen LogP contribution is -2.02. The molecule has 0 fully saturated rings. The molecule has 0 aliphatic rings. The Balaban J connectivity index is 3.48. The van der Waals surface area contributed by atoms with Crippen LogP contribution in [0, 0.1) is 0 Å². The molecule has 76 valence electrons. The van der Waals surface area contributed by atoms with Crippen molar-refractivity contribution in [1.29, 1.82) is 0 Å². The molecule has 0 rings (SSSR count). The first-order chi connectivity index (χ1) is 5.21. The highest BCUT2D eigenvalue weighted by molar-refractivity contribution is 8.20. The van der Waals surface area contributed by atoms with Gasteiger partial charge in [-0.3, -0.25) is 0 Å². The van der Waals surface area contributed by atoms with E-state index in [1.54, 1.807) is 0 Å². The Labute approximate surface area is 69.3 Å². The maximum absolute atomic E-state index is 11.5. The third kappa shape index (κ3) is 9.98. The standard InChI is InChI=1S/C3H6F4O3S2/c4-11(5,6)3-1-2-10-12(7,8)9/h1-3H2. The number of halogens is 4. The van der Waals surface area contributed by atoms with Crippen molar-refractivity contribution in [2.24, 2.45) is 0 Å². The van der Waals surface area contributed by atoms with Gasteiger partial charge in [0.25, 0.3) is 0 Å². The fourth-order valence-corrected chi connectivity index (χ4v) is 1.14. The molecule has 9 heteroatoms. The normalized spacial score (nSPS) is 14.7. The monoisotopic (exact) mass is 230 g/mol. The van der Waals surface area contributed by atoms with E-state index in [9.17, 15) is 24.0 Å². The van der Waals surface area contributed by atoms with Gasteiger partial charge in [0.05, 0.1) is 12.4 Å². The zero-order valence-corrected chi connectivity index (χ0v) is 7.31. The summed E-state index contributed by atoms with van der Waals surface area (Å²) in [6, 6.07) is 0. The van der Waals surface area contributed by atoms with Crippen LogP contribution in [0.1, 0.15) is 6.42 Å². The molecule has 0 spiro atoms. The first-order valence-corrected chi connectivity index (χ1v) is 5.51. The Morgan fingerprint density at radius 1 is 1.08 bits per heavy atom. The minimum atomic E-state index is -5.14. The molecule has 0 aromatic carbocycles. The van der Waals surface area contributed by atoms with Gasteiger partial charge in [-0.25, -0.2) is 4.18 Å². The molecule has 12 heavy (non-hydrogen) atoms. The van der Waals surface area contributed by atoms with Gasteiger partial charge in [-0.15, -0.1) is 11.7 Å². The van der Waals surface area contributed by atoms with Gasteiger partial charge >= 0.3 is 10.5 Å². The van der Waals surface area contributed by atoms with E-state index < -0.39 is 40.5 Å². The fourth-order valence-electron chi connectivity index (χ4n) is 0.381. The van der Waals surface area contributed by atoms with Crippen LogP contribution in [0.2, 0.25) is 0 Å². The molecular weight excluding hydrogens is 224 g/mol. The molecule has 0 saturated carbocycles. The van der Waals surface area contributed by atoms with Crippen molar-refractivity contribution in [1.82, 2.24) is 0 Å². The molecule has 0 aliphatic carbocycles. The van der Waals surface area contributed by atoms with Crippen molar-refractivity contribution >= 4 is 21.7 Å². The van der Waals surface area contributed by atoms with Crippen LogP contribution in [-0.2, 0) is 14.7 Å². The Morgan fingerprint density at radius 3 is 1.92 bits per heavy atom. The zero-order valence-electron chi connectivity index (χ0n) is 5.67. The highest BCUT2D eigenvalue weighted by atomic mass is 32.3. The molecule has 0 radical (unpaired) electrons. The molecule has 0 atom stereocenters. The van der Waals surface area contributed by atoms with Gasteiger partial charge in [0.1, 0.15) is 0 Å². The molecule has 0 aliphatic heterocycles. The van der Waals surface area contributed by atoms with Gasteiger partial charge in [-0.1, -0.05) is 3.89 Å². The Bertz CT molecular complexity index is 220. The van der Waals surface area contributed by atoms with Crippen LogP contribution in [0.5, 0.6) is 0 Å². The minimum Gasteiger partial charge on any atom is -0.245 e. The van der Waals surface area contributed by atoms with Gasteiger partial charge in [-0.2, -0.15) is 8.42 Å². The zero-order chi connectivity index (χ0) is 9.83. The summed E-state index contributed by atoms with van der Waals surface area (Å²) >= 11 is -5.14. The van der Waals surface area contributed by atoms with Crippen LogP contribution in [0.25, 0.3) is 0 Å². The molecule has 0 saturated heterocycles. The van der Waals surface area contributed by atoms with Gasteiger partial charge < -0.3 is 0 Å². The predicted octanol–water partition coefficient (Wildman–Crippen LogP) is 2.07. The number of hydrogen-bond donors (Lipinski definition) is 0. The van der Waals surface area contributed by atoms with Crippen LogP contribution in [-0.4, -0.2) is 20.8 Å². The summed E-state index contributed by atoms with van der Waals surface area (Å²) in [5, 5.41) is 0. The van der Waals surface area contributed by atoms with E-state index in [0.29, 0.717) is 0 Å². The molecule has 0 N–H and O–H groups in total. The van der Waals surface area contributed by atoms with Crippen LogP contribution >= 0.6 is 11.2 Å². The van der Waals surface area contributed by atoms with Crippen LogP contribution in [0.15, 0.2) is 0 Å². The highest BCUT2D eigenvalue weighted by Gasteiger charge is 2.20. The predicted molar refractivity (Wildman–Crippen MR) is 36.4 cm³/mol. The second kappa shape index (κ2) is 4.28. The van der Waals surface area contributed by atoms with Gasteiger partial charge in [0, 0.05) is 0 Å². The molecule has 0 bridgehead atoms. The van der Waals surface area contributed by atoms with E-state index in [2.05, 4.69) is 4.18 Å². The maximum Gasteiger partial charge on any atom is 0.437 e. The van der Waals surface area contributed by atoms with Crippen molar-refractivity contribution in [3.63, 3.8) is 0 Å². The van der Waals surface area contributed by atoms with Crippen molar-refractivity contribution < 1.29 is 28.1 Å². The average molecular weight is 230 g/mol. The molecular formula is C3H6F4O3S2. The summed E-state index contributed by atoms with van der Waals surface area (Å²) in [7, 11) is -5.10. The molecule has 3 nitrogen and oxygen atoms in total. The van der Waals surface area contributed by atoms with E-state index in [1.165, 1.54) is 0 Å². The average Bonchev–Trinajstić information content (AvgIpc) is 1.76. The number of rotatable bonds is 5. The van der Waals surface area contributed by atoms with Crippen LogP contribution in [0.3, 0.4) is 0 Å². The van der Waals surface area contributed by atoms with E-state index in [4.69, 9.17) is 0 Å². The third-order valence-corrected chi connectivity index (χ3v) is 1.94. The minimum absolute atomic E-state index is 0.540. The van der Waals surface area contributed by atoms with E-state index >= 15 is 0 Å².